The zero-order chi connectivity index (χ0) is 5.11. The lowest BCUT2D eigenvalue weighted by Gasteiger charge is -2.07. The predicted molar refractivity (Wildman–Crippen MR) is 35.8 cm³/mol. The molecule has 0 aromatic heterocycles. The number of rotatable bonds is 0. The highest BCUT2D eigenvalue weighted by Gasteiger charge is 1.99. The van der Waals surface area contributed by atoms with E-state index in [2.05, 4.69) is 24.8 Å². The van der Waals surface area contributed by atoms with Gasteiger partial charge in [-0.05, 0) is 19.3 Å². The molecule has 7 heavy (non-hydrogen) atoms. The second kappa shape index (κ2) is 2.41. The Hall–Kier alpha value is 0.0900. The molecule has 0 radical (unpaired) electrons. The van der Waals surface area contributed by atoms with Gasteiger partial charge in [-0.25, -0.2) is 0 Å². The van der Waals surface area contributed by atoms with Crippen molar-refractivity contribution in [2.24, 2.45) is 0 Å². The minimum atomic E-state index is 0.550. The molecule has 1 atom stereocenters. The summed E-state index contributed by atoms with van der Waals surface area (Å²) in [7, 11) is 0. The van der Waals surface area contributed by atoms with E-state index < -0.39 is 0 Å². The van der Waals surface area contributed by atoms with Gasteiger partial charge in [0, 0.05) is 5.25 Å². The Kier molecular flexibility index (Phi) is 1.80. The second-order valence-corrected chi connectivity index (χ2v) is 2.59. The molecule has 0 spiro atoms. The summed E-state index contributed by atoms with van der Waals surface area (Å²) in [6.07, 6.45) is 8.23. The third-order valence-corrected chi connectivity index (χ3v) is 1.66. The number of hydrogen-bond donors (Lipinski definition) is 1. The molecule has 0 nitrogen and oxygen atoms in total. The van der Waals surface area contributed by atoms with Crippen molar-refractivity contribution in [3.05, 3.63) is 12.2 Å². The van der Waals surface area contributed by atoms with Crippen molar-refractivity contribution in [1.82, 2.24) is 0 Å². The number of thiol groups is 1. The van der Waals surface area contributed by atoms with E-state index >= 15 is 0 Å². The van der Waals surface area contributed by atoms with Gasteiger partial charge in [0.25, 0.3) is 0 Å². The smallest absolute Gasteiger partial charge is 0.0196 e. The van der Waals surface area contributed by atoms with Gasteiger partial charge in [0.1, 0.15) is 0 Å². The Morgan fingerprint density at radius 1 is 1.57 bits per heavy atom. The molecule has 0 amide bonds. The lowest BCUT2D eigenvalue weighted by Crippen LogP contribution is -1.96. The minimum Gasteiger partial charge on any atom is -0.172 e. The topological polar surface area (TPSA) is 0 Å². The molecule has 0 saturated heterocycles. The normalized spacial score (nSPS) is 30.7. The van der Waals surface area contributed by atoms with Gasteiger partial charge < -0.3 is 0 Å². The van der Waals surface area contributed by atoms with Gasteiger partial charge in [0.2, 0.25) is 0 Å². The van der Waals surface area contributed by atoms with Gasteiger partial charge in [-0.2, -0.15) is 12.6 Å². The molecule has 0 fully saturated rings. The van der Waals surface area contributed by atoms with Crippen molar-refractivity contribution in [3.8, 4) is 0 Å². The Bertz CT molecular complexity index is 76.2. The maximum absolute atomic E-state index is 4.27. The molecular weight excluding hydrogens is 104 g/mol. The molecule has 0 aromatic carbocycles. The fraction of sp³-hybridized carbons (Fsp3) is 0.667. The number of hydrogen-bond acceptors (Lipinski definition) is 1. The van der Waals surface area contributed by atoms with E-state index in [4.69, 9.17) is 0 Å². The summed E-state index contributed by atoms with van der Waals surface area (Å²) in [6, 6.07) is 0. The average molecular weight is 114 g/mol. The van der Waals surface area contributed by atoms with Crippen molar-refractivity contribution in [2.45, 2.75) is 24.5 Å². The Morgan fingerprint density at radius 2 is 2.43 bits per heavy atom. The molecule has 0 N–H and O–H groups in total. The van der Waals surface area contributed by atoms with Crippen LogP contribution in [0.15, 0.2) is 12.2 Å². The van der Waals surface area contributed by atoms with Gasteiger partial charge in [-0.3, -0.25) is 0 Å². The molecule has 1 aliphatic carbocycles. The van der Waals surface area contributed by atoms with Gasteiger partial charge in [-0.15, -0.1) is 0 Å². The highest BCUT2D eigenvalue weighted by molar-refractivity contribution is 7.81. The van der Waals surface area contributed by atoms with E-state index in [9.17, 15) is 0 Å². The molecule has 1 heteroatoms. The maximum atomic E-state index is 4.27. The van der Waals surface area contributed by atoms with E-state index in [0.29, 0.717) is 5.25 Å². The Balaban J connectivity index is 2.36. The second-order valence-electron chi connectivity index (χ2n) is 1.93. The molecule has 1 unspecified atom stereocenters. The van der Waals surface area contributed by atoms with Crippen LogP contribution >= 0.6 is 12.6 Å². The molecule has 40 valence electrons. The van der Waals surface area contributed by atoms with Crippen LogP contribution < -0.4 is 0 Å². The van der Waals surface area contributed by atoms with E-state index in [1.807, 2.05) is 0 Å². The van der Waals surface area contributed by atoms with Gasteiger partial charge >= 0.3 is 0 Å². The lowest BCUT2D eigenvalue weighted by atomic mass is 10.1. The van der Waals surface area contributed by atoms with Crippen LogP contribution in [0.1, 0.15) is 19.3 Å². The largest absolute Gasteiger partial charge is 0.172 e. The number of allylic oxidation sites excluding steroid dienone is 1. The van der Waals surface area contributed by atoms with Crippen LogP contribution in [0.4, 0.5) is 0 Å². The minimum absolute atomic E-state index is 0.550. The molecule has 0 heterocycles. The molecule has 1 rings (SSSR count). The van der Waals surface area contributed by atoms with Crippen LogP contribution in [0, 0.1) is 0 Å². The SMILES string of the molecule is SC1C=CCCC1. The highest BCUT2D eigenvalue weighted by atomic mass is 32.1. The summed E-state index contributed by atoms with van der Waals surface area (Å²) in [5, 5.41) is 0.550. The summed E-state index contributed by atoms with van der Waals surface area (Å²) in [6.45, 7) is 0. The first kappa shape index (κ1) is 5.23. The molecule has 0 saturated carbocycles. The molecule has 0 aromatic rings. The third kappa shape index (κ3) is 1.56. The first-order valence-corrected chi connectivity index (χ1v) is 3.26. The van der Waals surface area contributed by atoms with Crippen LogP contribution in [-0.2, 0) is 0 Å². The molecule has 1 aliphatic rings. The van der Waals surface area contributed by atoms with Crippen LogP contribution in [0.2, 0.25) is 0 Å². The third-order valence-electron chi connectivity index (χ3n) is 1.23. The summed E-state index contributed by atoms with van der Waals surface area (Å²) < 4.78 is 0. The van der Waals surface area contributed by atoms with Gasteiger partial charge in [0.05, 0.1) is 0 Å². The molecular formula is C6H10S. The fourth-order valence-corrected chi connectivity index (χ4v) is 1.10. The first-order chi connectivity index (χ1) is 3.39. The van der Waals surface area contributed by atoms with Crippen LogP contribution in [0.5, 0.6) is 0 Å². The zero-order valence-electron chi connectivity index (χ0n) is 4.30. The van der Waals surface area contributed by atoms with E-state index in [-0.39, 0.29) is 0 Å². The van der Waals surface area contributed by atoms with Crippen molar-refractivity contribution in [1.29, 1.82) is 0 Å². The van der Waals surface area contributed by atoms with Crippen LogP contribution in [0.3, 0.4) is 0 Å². The summed E-state index contributed by atoms with van der Waals surface area (Å²) in [5.41, 5.74) is 0. The standard InChI is InChI=1S/C6H10S/c7-6-4-2-1-3-5-6/h2,4,6-7H,1,3,5H2. The predicted octanol–water partition coefficient (Wildman–Crippen LogP) is 2.02. The van der Waals surface area contributed by atoms with Crippen LogP contribution in [0.25, 0.3) is 0 Å². The van der Waals surface area contributed by atoms with E-state index in [1.165, 1.54) is 19.3 Å². The van der Waals surface area contributed by atoms with Crippen molar-refractivity contribution >= 4 is 12.6 Å². The van der Waals surface area contributed by atoms with Crippen LogP contribution in [-0.4, -0.2) is 5.25 Å². The van der Waals surface area contributed by atoms with Crippen molar-refractivity contribution < 1.29 is 0 Å². The summed E-state index contributed by atoms with van der Waals surface area (Å²) in [4.78, 5) is 0. The van der Waals surface area contributed by atoms with E-state index in [0.717, 1.165) is 0 Å². The van der Waals surface area contributed by atoms with E-state index in [1.54, 1.807) is 0 Å². The highest BCUT2D eigenvalue weighted by Crippen LogP contribution is 2.14. The first-order valence-electron chi connectivity index (χ1n) is 2.74. The lowest BCUT2D eigenvalue weighted by molar-refractivity contribution is 0.744. The maximum Gasteiger partial charge on any atom is 0.0196 e. The Morgan fingerprint density at radius 3 is 2.71 bits per heavy atom. The van der Waals surface area contributed by atoms with Crippen molar-refractivity contribution in [3.63, 3.8) is 0 Å². The average Bonchev–Trinajstić information content (AvgIpc) is 1.69. The fourth-order valence-electron chi connectivity index (χ4n) is 0.794. The molecule has 0 bridgehead atoms. The monoisotopic (exact) mass is 114 g/mol. The van der Waals surface area contributed by atoms with Gasteiger partial charge in [0.15, 0.2) is 0 Å². The summed E-state index contributed by atoms with van der Waals surface area (Å²) in [5.74, 6) is 0. The Labute approximate surface area is 50.0 Å². The molecule has 0 aliphatic heterocycles. The summed E-state index contributed by atoms with van der Waals surface area (Å²) >= 11 is 4.27. The zero-order valence-corrected chi connectivity index (χ0v) is 5.20. The van der Waals surface area contributed by atoms with Crippen molar-refractivity contribution in [2.75, 3.05) is 0 Å². The van der Waals surface area contributed by atoms with Gasteiger partial charge in [-0.1, -0.05) is 12.2 Å². The quantitative estimate of drug-likeness (QED) is 0.361.